The highest BCUT2D eigenvalue weighted by Crippen LogP contribution is 2.30. The molecule has 2 aromatic rings. The van der Waals surface area contributed by atoms with Crippen LogP contribution in [0.15, 0.2) is 0 Å². The number of hydrogen-bond donors (Lipinski definition) is 0. The SMILES string of the molecule is Cc1nc(Cl)c(C)c(N2CCc3nc(C)sc3C2)n1. The molecule has 100 valence electrons. The molecule has 0 saturated carbocycles. The maximum atomic E-state index is 6.16. The van der Waals surface area contributed by atoms with E-state index >= 15 is 0 Å². The van der Waals surface area contributed by atoms with Crippen LogP contribution < -0.4 is 4.90 Å². The third kappa shape index (κ3) is 2.32. The van der Waals surface area contributed by atoms with Gasteiger partial charge in [0.15, 0.2) is 0 Å². The van der Waals surface area contributed by atoms with E-state index in [9.17, 15) is 0 Å². The minimum absolute atomic E-state index is 0.550. The maximum Gasteiger partial charge on any atom is 0.137 e. The van der Waals surface area contributed by atoms with E-state index in [1.807, 2.05) is 13.8 Å². The molecule has 3 rings (SSSR count). The molecule has 0 aromatic carbocycles. The highest BCUT2D eigenvalue weighted by Gasteiger charge is 2.23. The van der Waals surface area contributed by atoms with Gasteiger partial charge in [-0.1, -0.05) is 11.6 Å². The smallest absolute Gasteiger partial charge is 0.137 e. The van der Waals surface area contributed by atoms with Crippen LogP contribution in [-0.4, -0.2) is 21.5 Å². The second kappa shape index (κ2) is 4.72. The monoisotopic (exact) mass is 294 g/mol. The fraction of sp³-hybridized carbons (Fsp3) is 0.462. The maximum absolute atomic E-state index is 6.16. The van der Waals surface area contributed by atoms with Crippen molar-refractivity contribution in [3.63, 3.8) is 0 Å². The van der Waals surface area contributed by atoms with Gasteiger partial charge in [0.2, 0.25) is 0 Å². The molecule has 0 saturated heterocycles. The summed E-state index contributed by atoms with van der Waals surface area (Å²) in [5, 5.41) is 1.69. The van der Waals surface area contributed by atoms with Crippen molar-refractivity contribution < 1.29 is 0 Å². The highest BCUT2D eigenvalue weighted by molar-refractivity contribution is 7.11. The Bertz CT molecular complexity index is 638. The van der Waals surface area contributed by atoms with Gasteiger partial charge in [0, 0.05) is 23.4 Å². The van der Waals surface area contributed by atoms with Crippen molar-refractivity contribution in [3.05, 3.63) is 32.1 Å². The van der Waals surface area contributed by atoms with E-state index in [0.29, 0.717) is 5.15 Å². The van der Waals surface area contributed by atoms with E-state index in [0.717, 1.165) is 41.7 Å². The number of fused-ring (bicyclic) bond motifs is 1. The summed E-state index contributed by atoms with van der Waals surface area (Å²) in [6.07, 6.45) is 0.972. The Balaban J connectivity index is 1.97. The molecule has 19 heavy (non-hydrogen) atoms. The summed E-state index contributed by atoms with van der Waals surface area (Å²) in [7, 11) is 0. The average Bonchev–Trinajstić information content (AvgIpc) is 2.72. The van der Waals surface area contributed by atoms with E-state index in [4.69, 9.17) is 11.6 Å². The number of hydrogen-bond acceptors (Lipinski definition) is 5. The fourth-order valence-electron chi connectivity index (χ4n) is 2.39. The summed E-state index contributed by atoms with van der Waals surface area (Å²) >= 11 is 7.93. The van der Waals surface area contributed by atoms with E-state index in [1.54, 1.807) is 11.3 Å². The summed E-state index contributed by atoms with van der Waals surface area (Å²) in [6.45, 7) is 7.72. The molecule has 3 heterocycles. The van der Waals surface area contributed by atoms with Gasteiger partial charge in [-0.25, -0.2) is 15.0 Å². The molecule has 0 N–H and O–H groups in total. The molecule has 0 bridgehead atoms. The van der Waals surface area contributed by atoms with Crippen molar-refractivity contribution in [2.24, 2.45) is 0 Å². The zero-order valence-electron chi connectivity index (χ0n) is 11.2. The summed E-state index contributed by atoms with van der Waals surface area (Å²) in [5.74, 6) is 1.67. The minimum atomic E-state index is 0.550. The Kier molecular flexibility index (Phi) is 3.19. The number of anilines is 1. The molecule has 4 nitrogen and oxygen atoms in total. The van der Waals surface area contributed by atoms with Gasteiger partial charge in [0.1, 0.15) is 16.8 Å². The Morgan fingerprint density at radius 1 is 1.16 bits per heavy atom. The fourth-order valence-corrected chi connectivity index (χ4v) is 3.60. The number of rotatable bonds is 1. The van der Waals surface area contributed by atoms with Crippen LogP contribution in [0.2, 0.25) is 5.15 Å². The lowest BCUT2D eigenvalue weighted by molar-refractivity contribution is 0.711. The number of aryl methyl sites for hydroxylation is 2. The van der Waals surface area contributed by atoms with Crippen molar-refractivity contribution in [2.75, 3.05) is 11.4 Å². The van der Waals surface area contributed by atoms with Crippen molar-refractivity contribution in [1.82, 2.24) is 15.0 Å². The molecule has 2 aromatic heterocycles. The zero-order chi connectivity index (χ0) is 13.6. The van der Waals surface area contributed by atoms with E-state index in [2.05, 4.69) is 26.8 Å². The van der Waals surface area contributed by atoms with Crippen LogP contribution in [0.1, 0.15) is 27.0 Å². The van der Waals surface area contributed by atoms with Gasteiger partial charge in [0.05, 0.1) is 17.2 Å². The third-order valence-electron chi connectivity index (χ3n) is 3.31. The van der Waals surface area contributed by atoms with Crippen molar-refractivity contribution in [2.45, 2.75) is 33.7 Å². The van der Waals surface area contributed by atoms with E-state index in [-0.39, 0.29) is 0 Å². The molecule has 1 aliphatic heterocycles. The van der Waals surface area contributed by atoms with Gasteiger partial charge in [-0.05, 0) is 20.8 Å². The van der Waals surface area contributed by atoms with Gasteiger partial charge in [-0.3, -0.25) is 0 Å². The van der Waals surface area contributed by atoms with Crippen LogP contribution in [0.3, 0.4) is 0 Å². The van der Waals surface area contributed by atoms with Gasteiger partial charge in [0.25, 0.3) is 0 Å². The normalized spacial score (nSPS) is 14.6. The van der Waals surface area contributed by atoms with E-state index in [1.165, 1.54) is 10.6 Å². The molecular formula is C13H15ClN4S. The molecule has 0 radical (unpaired) electrons. The van der Waals surface area contributed by atoms with Crippen LogP contribution >= 0.6 is 22.9 Å². The first kappa shape index (κ1) is 12.8. The molecule has 1 aliphatic rings. The molecule has 0 unspecified atom stereocenters. The molecule has 0 amide bonds. The van der Waals surface area contributed by atoms with Crippen molar-refractivity contribution in [3.8, 4) is 0 Å². The Hall–Kier alpha value is -1.20. The minimum Gasteiger partial charge on any atom is -0.351 e. The van der Waals surface area contributed by atoms with Crippen LogP contribution in [0.4, 0.5) is 5.82 Å². The van der Waals surface area contributed by atoms with Crippen molar-refractivity contribution in [1.29, 1.82) is 0 Å². The number of nitrogens with zero attached hydrogens (tertiary/aromatic N) is 4. The van der Waals surface area contributed by atoms with Crippen LogP contribution in [0.5, 0.6) is 0 Å². The lowest BCUT2D eigenvalue weighted by atomic mass is 10.1. The second-order valence-electron chi connectivity index (χ2n) is 4.78. The molecule has 6 heteroatoms. The third-order valence-corrected chi connectivity index (χ3v) is 4.68. The van der Waals surface area contributed by atoms with Crippen LogP contribution in [0.25, 0.3) is 0 Å². The lowest BCUT2D eigenvalue weighted by Crippen LogP contribution is -2.31. The first-order valence-corrected chi connectivity index (χ1v) is 7.45. The summed E-state index contributed by atoms with van der Waals surface area (Å²) in [6, 6.07) is 0. The second-order valence-corrected chi connectivity index (χ2v) is 6.43. The summed E-state index contributed by atoms with van der Waals surface area (Å²) < 4.78 is 0. The standard InChI is InChI=1S/C13H15ClN4S/c1-7-12(14)15-8(2)16-13(7)18-5-4-10-11(6-18)19-9(3)17-10/h4-6H2,1-3H3. The number of aromatic nitrogens is 3. The predicted molar refractivity (Wildman–Crippen MR) is 78.1 cm³/mol. The van der Waals surface area contributed by atoms with Gasteiger partial charge >= 0.3 is 0 Å². The van der Waals surface area contributed by atoms with Crippen molar-refractivity contribution >= 4 is 28.8 Å². The Labute approximate surface area is 121 Å². The number of halogens is 1. The van der Waals surface area contributed by atoms with Gasteiger partial charge in [-0.15, -0.1) is 11.3 Å². The Morgan fingerprint density at radius 2 is 1.95 bits per heavy atom. The highest BCUT2D eigenvalue weighted by atomic mass is 35.5. The summed E-state index contributed by atoms with van der Waals surface area (Å²) in [4.78, 5) is 16.9. The van der Waals surface area contributed by atoms with Gasteiger partial charge in [-0.2, -0.15) is 0 Å². The predicted octanol–water partition coefficient (Wildman–Crippen LogP) is 3.07. The topological polar surface area (TPSA) is 41.9 Å². The molecule has 0 aliphatic carbocycles. The van der Waals surface area contributed by atoms with E-state index < -0.39 is 0 Å². The number of thiazole rings is 1. The molecule has 0 spiro atoms. The zero-order valence-corrected chi connectivity index (χ0v) is 12.8. The Morgan fingerprint density at radius 3 is 2.74 bits per heavy atom. The first-order chi connectivity index (χ1) is 9.04. The molecular weight excluding hydrogens is 280 g/mol. The first-order valence-electron chi connectivity index (χ1n) is 6.25. The van der Waals surface area contributed by atoms with Crippen LogP contribution in [0, 0.1) is 20.8 Å². The molecule has 0 fully saturated rings. The quantitative estimate of drug-likeness (QED) is 0.758. The average molecular weight is 295 g/mol. The largest absolute Gasteiger partial charge is 0.351 e. The van der Waals surface area contributed by atoms with Gasteiger partial charge < -0.3 is 4.90 Å². The summed E-state index contributed by atoms with van der Waals surface area (Å²) in [5.41, 5.74) is 2.20. The lowest BCUT2D eigenvalue weighted by Gasteiger charge is -2.28. The van der Waals surface area contributed by atoms with Crippen LogP contribution in [-0.2, 0) is 13.0 Å². The molecule has 0 atom stereocenters.